The summed E-state index contributed by atoms with van der Waals surface area (Å²) in [4.78, 5) is 37.9. The number of phenolic OH excluding ortho intramolecular Hbond substituents is 1. The predicted octanol–water partition coefficient (Wildman–Crippen LogP) is 2.61. The number of phenols is 1. The molecule has 0 radical (unpaired) electrons. The van der Waals surface area contributed by atoms with Gasteiger partial charge < -0.3 is 35.6 Å². The molecule has 10 nitrogen and oxygen atoms in total. The third kappa shape index (κ3) is 3.87. The van der Waals surface area contributed by atoms with Gasteiger partial charge in [0.25, 0.3) is 5.91 Å². The molecule has 3 atom stereocenters. The number of benzene rings is 2. The fourth-order valence-electron chi connectivity index (χ4n) is 5.94. The number of ketones is 2. The second kappa shape index (κ2) is 9.32. The summed E-state index contributed by atoms with van der Waals surface area (Å²) in [6.07, 6.45) is 3.54. The molecule has 0 heterocycles. The Hall–Kier alpha value is -4.57. The van der Waals surface area contributed by atoms with E-state index in [4.69, 9.17) is 15.2 Å². The molecule has 2 aromatic rings. The second-order valence-corrected chi connectivity index (χ2v) is 9.88. The van der Waals surface area contributed by atoms with Crippen molar-refractivity contribution in [2.24, 2.45) is 17.6 Å². The number of hydrogen-bond donors (Lipinski definition) is 5. The van der Waals surface area contributed by atoms with Crippen molar-refractivity contribution in [1.82, 2.24) is 0 Å². The number of Topliss-reactive ketones (excluding diaryl/α,β-unsaturated/α-hetero) is 2. The van der Waals surface area contributed by atoms with Gasteiger partial charge in [0.15, 0.2) is 22.9 Å². The van der Waals surface area contributed by atoms with Crippen LogP contribution < -0.4 is 15.2 Å². The zero-order chi connectivity index (χ0) is 28.2. The van der Waals surface area contributed by atoms with Crippen molar-refractivity contribution in [2.45, 2.75) is 24.9 Å². The summed E-state index contributed by atoms with van der Waals surface area (Å²) in [5.41, 5.74) is 3.73. The van der Waals surface area contributed by atoms with Crippen molar-refractivity contribution in [3.8, 4) is 17.2 Å². The van der Waals surface area contributed by atoms with Crippen LogP contribution in [0.3, 0.4) is 0 Å². The van der Waals surface area contributed by atoms with Crippen molar-refractivity contribution in [2.75, 3.05) is 14.2 Å². The number of aliphatic hydroxyl groups is 3. The number of hydrogen-bond acceptors (Lipinski definition) is 9. The average Bonchev–Trinajstić information content (AvgIpc) is 2.89. The van der Waals surface area contributed by atoms with E-state index in [0.29, 0.717) is 22.6 Å². The van der Waals surface area contributed by atoms with E-state index in [2.05, 4.69) is 0 Å². The van der Waals surface area contributed by atoms with Crippen molar-refractivity contribution in [3.63, 3.8) is 0 Å². The fourth-order valence-corrected chi connectivity index (χ4v) is 5.94. The Morgan fingerprint density at radius 3 is 2.41 bits per heavy atom. The maximum Gasteiger partial charge on any atom is 0.255 e. The summed E-state index contributed by atoms with van der Waals surface area (Å²) < 4.78 is 10.6. The van der Waals surface area contributed by atoms with E-state index in [1.807, 2.05) is 12.1 Å². The quantitative estimate of drug-likeness (QED) is 0.286. The smallest absolute Gasteiger partial charge is 0.255 e. The second-order valence-electron chi connectivity index (χ2n) is 9.88. The van der Waals surface area contributed by atoms with Gasteiger partial charge in [-0.2, -0.15) is 0 Å². The van der Waals surface area contributed by atoms with Gasteiger partial charge in [-0.05, 0) is 53.6 Å². The van der Waals surface area contributed by atoms with Crippen molar-refractivity contribution in [3.05, 3.63) is 69.5 Å². The molecule has 0 aliphatic heterocycles. The molecule has 0 unspecified atom stereocenters. The molecular weight excluding hydrogens is 506 g/mol. The minimum Gasteiger partial charge on any atom is -0.508 e. The maximum atomic E-state index is 13.6. The number of nitrogens with two attached hydrogens (primary N) is 1. The highest BCUT2D eigenvalue weighted by Gasteiger charge is 2.60. The standard InChI is InChI=1S/C29H27NO9/c1-38-20-8-4-13(9-21(20)39-2)3-5-14-6-7-18(31)23-17(14)11-15-10-16-12-19(32)24(28(30)36)27(35)29(16,37)26(34)22(15)25(23)33/h3-9,15-16,31,33,35,37H,10-12H2,1-2H3,(H2,30,36)/b5-3+/t15-,16+,29+/m1/s1. The van der Waals surface area contributed by atoms with E-state index >= 15 is 0 Å². The summed E-state index contributed by atoms with van der Waals surface area (Å²) in [5.74, 6) is -5.44. The van der Waals surface area contributed by atoms with Gasteiger partial charge in [0.2, 0.25) is 5.78 Å². The number of aliphatic hydroxyl groups excluding tert-OH is 2. The highest BCUT2D eigenvalue weighted by Crippen LogP contribution is 2.52. The number of rotatable bonds is 5. The number of fused-ring (bicyclic) bond motifs is 3. The molecule has 6 N–H and O–H groups in total. The number of methoxy groups -OCH3 is 2. The zero-order valence-corrected chi connectivity index (χ0v) is 21.2. The van der Waals surface area contributed by atoms with Crippen molar-refractivity contribution < 1.29 is 44.3 Å². The molecule has 10 heteroatoms. The molecule has 2 aromatic carbocycles. The first kappa shape index (κ1) is 26.1. The van der Waals surface area contributed by atoms with Crippen LogP contribution in [0.4, 0.5) is 0 Å². The van der Waals surface area contributed by atoms with Crippen LogP contribution in [-0.2, 0) is 20.8 Å². The molecule has 1 saturated carbocycles. The summed E-state index contributed by atoms with van der Waals surface area (Å²) in [6, 6.07) is 8.46. The molecule has 0 saturated heterocycles. The number of carbonyl (C=O) groups is 3. The van der Waals surface area contributed by atoms with Crippen LogP contribution in [0, 0.1) is 11.8 Å². The molecule has 5 rings (SSSR count). The van der Waals surface area contributed by atoms with Crippen molar-refractivity contribution >= 4 is 35.4 Å². The topological polar surface area (TPSA) is 177 Å². The van der Waals surface area contributed by atoms with Crippen LogP contribution in [0.25, 0.3) is 17.9 Å². The van der Waals surface area contributed by atoms with Crippen LogP contribution in [-0.4, -0.2) is 57.7 Å². The molecule has 0 bridgehead atoms. The largest absolute Gasteiger partial charge is 0.508 e. The van der Waals surface area contributed by atoms with Gasteiger partial charge in [-0.3, -0.25) is 14.4 Å². The highest BCUT2D eigenvalue weighted by atomic mass is 16.5. The molecule has 1 amide bonds. The van der Waals surface area contributed by atoms with Gasteiger partial charge in [0, 0.05) is 17.9 Å². The van der Waals surface area contributed by atoms with Crippen LogP contribution in [0.15, 0.2) is 47.2 Å². The number of carbonyl (C=O) groups excluding carboxylic acids is 3. The number of amides is 1. The van der Waals surface area contributed by atoms with E-state index in [9.17, 15) is 34.8 Å². The van der Waals surface area contributed by atoms with Gasteiger partial charge in [-0.15, -0.1) is 0 Å². The Bertz CT molecular complexity index is 1530. The molecule has 0 aromatic heterocycles. The first-order chi connectivity index (χ1) is 18.5. The molecule has 0 spiro atoms. The Labute approximate surface area is 223 Å². The Kier molecular flexibility index (Phi) is 6.22. The van der Waals surface area contributed by atoms with Crippen LogP contribution in [0.5, 0.6) is 17.2 Å². The first-order valence-corrected chi connectivity index (χ1v) is 12.2. The van der Waals surface area contributed by atoms with E-state index in [-0.39, 0.29) is 36.1 Å². The zero-order valence-electron chi connectivity index (χ0n) is 21.2. The molecule has 202 valence electrons. The molecular formula is C29H27NO9. The van der Waals surface area contributed by atoms with E-state index in [0.717, 1.165) is 5.56 Å². The summed E-state index contributed by atoms with van der Waals surface area (Å²) in [6.45, 7) is 0. The normalized spacial score (nSPS) is 24.4. The Morgan fingerprint density at radius 1 is 1.03 bits per heavy atom. The van der Waals surface area contributed by atoms with Gasteiger partial charge in [-0.1, -0.05) is 24.3 Å². The minimum atomic E-state index is -2.59. The Balaban J connectivity index is 1.59. The molecule has 1 fully saturated rings. The highest BCUT2D eigenvalue weighted by molar-refractivity contribution is 6.22. The van der Waals surface area contributed by atoms with E-state index in [1.54, 1.807) is 31.4 Å². The monoisotopic (exact) mass is 533 g/mol. The first-order valence-electron chi connectivity index (χ1n) is 12.2. The van der Waals surface area contributed by atoms with Crippen LogP contribution in [0.2, 0.25) is 0 Å². The van der Waals surface area contributed by atoms with Crippen LogP contribution >= 0.6 is 0 Å². The predicted molar refractivity (Wildman–Crippen MR) is 140 cm³/mol. The molecule has 3 aliphatic carbocycles. The lowest BCUT2D eigenvalue weighted by atomic mass is 9.59. The van der Waals surface area contributed by atoms with Crippen LogP contribution in [0.1, 0.15) is 35.1 Å². The summed E-state index contributed by atoms with van der Waals surface area (Å²) in [7, 11) is 3.07. The fraction of sp³-hybridized carbons (Fsp3) is 0.276. The lowest BCUT2D eigenvalue weighted by molar-refractivity contribution is -0.147. The summed E-state index contributed by atoms with van der Waals surface area (Å²) >= 11 is 0. The van der Waals surface area contributed by atoms with Gasteiger partial charge in [0.05, 0.1) is 19.8 Å². The number of aromatic hydroxyl groups is 1. The molecule has 3 aliphatic rings. The summed E-state index contributed by atoms with van der Waals surface area (Å²) in [5, 5.41) is 43.9. The lowest BCUT2D eigenvalue weighted by Crippen LogP contribution is -2.58. The van der Waals surface area contributed by atoms with E-state index < -0.39 is 52.0 Å². The number of ether oxygens (including phenoxy) is 2. The lowest BCUT2D eigenvalue weighted by Gasteiger charge is -2.46. The maximum absolute atomic E-state index is 13.6. The van der Waals surface area contributed by atoms with Gasteiger partial charge >= 0.3 is 0 Å². The molecule has 39 heavy (non-hydrogen) atoms. The third-order valence-corrected chi connectivity index (χ3v) is 7.85. The third-order valence-electron chi connectivity index (χ3n) is 7.85. The SMILES string of the molecule is COc1ccc(/C=C/c2ccc(O)c3c2C[C@H]2C[C@H]4CC(=O)C(C(N)=O)=C(O)[C@@]4(O)C(=O)C2=C3O)cc1OC. The average molecular weight is 534 g/mol. The Morgan fingerprint density at radius 2 is 1.74 bits per heavy atom. The van der Waals surface area contributed by atoms with E-state index in [1.165, 1.54) is 13.2 Å². The number of primary amides is 1. The van der Waals surface area contributed by atoms with Gasteiger partial charge in [-0.25, -0.2) is 0 Å². The van der Waals surface area contributed by atoms with Crippen molar-refractivity contribution in [1.29, 1.82) is 0 Å². The minimum absolute atomic E-state index is 0.0385. The van der Waals surface area contributed by atoms with Gasteiger partial charge in [0.1, 0.15) is 22.8 Å².